The first-order valence-corrected chi connectivity index (χ1v) is 8.67. The summed E-state index contributed by atoms with van der Waals surface area (Å²) in [5.74, 6) is 1.05. The Morgan fingerprint density at radius 3 is 2.35 bits per heavy atom. The van der Waals surface area contributed by atoms with E-state index in [1.165, 1.54) is 32.6 Å². The lowest BCUT2D eigenvalue weighted by molar-refractivity contribution is -0.0667. The number of likely N-dealkylation sites (tertiary alicyclic amines) is 1. The van der Waals surface area contributed by atoms with E-state index >= 15 is 0 Å². The predicted octanol–water partition coefficient (Wildman–Crippen LogP) is 1.94. The van der Waals surface area contributed by atoms with Crippen LogP contribution < -0.4 is 5.32 Å². The highest BCUT2D eigenvalue weighted by Crippen LogP contribution is 2.46. The van der Waals surface area contributed by atoms with Gasteiger partial charge in [0.1, 0.15) is 0 Å². The number of hydrogen-bond donors (Lipinski definition) is 1. The van der Waals surface area contributed by atoms with Crippen LogP contribution in [0.2, 0.25) is 0 Å². The molecule has 5 nitrogen and oxygen atoms in total. The fraction of sp³-hybridized carbons (Fsp3) is 0.941. The Hall–Kier alpha value is -0.0800. The fourth-order valence-electron chi connectivity index (χ4n) is 3.34. The van der Waals surface area contributed by atoms with Crippen LogP contribution in [0.5, 0.6) is 0 Å². The van der Waals surface area contributed by atoms with Crippen molar-refractivity contribution in [1.29, 1.82) is 0 Å². The number of guanidine groups is 1. The molecule has 0 aliphatic carbocycles. The van der Waals surface area contributed by atoms with E-state index < -0.39 is 0 Å². The molecule has 2 fully saturated rings. The van der Waals surface area contributed by atoms with Crippen LogP contribution in [-0.4, -0.2) is 86.1 Å². The second-order valence-electron chi connectivity index (χ2n) is 8.00. The summed E-state index contributed by atoms with van der Waals surface area (Å²) in [4.78, 5) is 11.9. The van der Waals surface area contributed by atoms with Crippen molar-refractivity contribution in [2.45, 2.75) is 39.7 Å². The molecule has 0 unspecified atom stereocenters. The highest BCUT2D eigenvalue weighted by molar-refractivity contribution is 14.0. The highest BCUT2D eigenvalue weighted by atomic mass is 127. The second-order valence-corrected chi connectivity index (χ2v) is 8.00. The Morgan fingerprint density at radius 2 is 1.78 bits per heavy atom. The topological polar surface area (TPSA) is 34.1 Å². The minimum Gasteiger partial charge on any atom is -0.355 e. The minimum absolute atomic E-state index is 0. The fourth-order valence-corrected chi connectivity index (χ4v) is 3.34. The lowest BCUT2D eigenvalue weighted by Crippen LogP contribution is -2.72. The van der Waals surface area contributed by atoms with Gasteiger partial charge < -0.3 is 20.0 Å². The largest absolute Gasteiger partial charge is 0.355 e. The van der Waals surface area contributed by atoms with Crippen LogP contribution in [0.25, 0.3) is 0 Å². The average Bonchev–Trinajstić information content (AvgIpc) is 2.66. The molecule has 1 N–H and O–H groups in total. The summed E-state index contributed by atoms with van der Waals surface area (Å²) >= 11 is 0. The summed E-state index contributed by atoms with van der Waals surface area (Å²) < 4.78 is 0. The van der Waals surface area contributed by atoms with Crippen molar-refractivity contribution < 1.29 is 0 Å². The Labute approximate surface area is 159 Å². The SMILES string of the molecule is CN=C(NCCN1CCCN(C)CC1)N1CC(C)(C)C1(C)C.I. The molecule has 0 saturated carbocycles. The van der Waals surface area contributed by atoms with Gasteiger partial charge in [-0.3, -0.25) is 4.99 Å². The lowest BCUT2D eigenvalue weighted by atomic mass is 9.65. The van der Waals surface area contributed by atoms with Crippen molar-refractivity contribution in [3.8, 4) is 0 Å². The van der Waals surface area contributed by atoms with Crippen LogP contribution in [0, 0.1) is 5.41 Å². The summed E-state index contributed by atoms with van der Waals surface area (Å²) in [6.07, 6.45) is 1.28. The van der Waals surface area contributed by atoms with Crippen molar-refractivity contribution in [3.05, 3.63) is 0 Å². The van der Waals surface area contributed by atoms with E-state index in [1.54, 1.807) is 0 Å². The Morgan fingerprint density at radius 1 is 1.09 bits per heavy atom. The maximum atomic E-state index is 4.49. The van der Waals surface area contributed by atoms with Gasteiger partial charge in [-0.15, -0.1) is 24.0 Å². The molecule has 6 heteroatoms. The van der Waals surface area contributed by atoms with Crippen LogP contribution in [0.4, 0.5) is 0 Å². The number of likely N-dealkylation sites (N-methyl/N-ethyl adjacent to an activating group) is 1. The van der Waals surface area contributed by atoms with Gasteiger partial charge in [0.15, 0.2) is 5.96 Å². The van der Waals surface area contributed by atoms with E-state index in [0.717, 1.165) is 25.6 Å². The standard InChI is InChI=1S/C17H35N5.HI/c1-16(2)14-22(17(16,3)4)15(18-5)19-8-11-21-10-7-9-20(6)12-13-21;/h7-14H2,1-6H3,(H,18,19);1H. The van der Waals surface area contributed by atoms with Gasteiger partial charge in [0.25, 0.3) is 0 Å². The zero-order chi connectivity index (χ0) is 16.4. The van der Waals surface area contributed by atoms with Crippen LogP contribution in [0.15, 0.2) is 4.99 Å². The van der Waals surface area contributed by atoms with E-state index in [9.17, 15) is 0 Å². The Bertz CT molecular complexity index is 408. The molecule has 136 valence electrons. The first-order valence-electron chi connectivity index (χ1n) is 8.67. The molecule has 0 aromatic carbocycles. The molecule has 2 aliphatic heterocycles. The van der Waals surface area contributed by atoms with Gasteiger partial charge in [-0.05, 0) is 40.4 Å². The van der Waals surface area contributed by atoms with E-state index in [4.69, 9.17) is 0 Å². The summed E-state index contributed by atoms with van der Waals surface area (Å²) in [6, 6.07) is 0. The number of halogens is 1. The van der Waals surface area contributed by atoms with Crippen LogP contribution in [0.3, 0.4) is 0 Å². The van der Waals surface area contributed by atoms with Crippen molar-refractivity contribution >= 4 is 29.9 Å². The van der Waals surface area contributed by atoms with Gasteiger partial charge in [-0.25, -0.2) is 0 Å². The second kappa shape index (κ2) is 8.34. The third-order valence-electron chi connectivity index (χ3n) is 5.88. The predicted molar refractivity (Wildman–Crippen MR) is 110 cm³/mol. The molecule has 2 heterocycles. The zero-order valence-corrected chi connectivity index (χ0v) is 18.2. The molecule has 2 saturated heterocycles. The number of hydrogen-bond acceptors (Lipinski definition) is 3. The summed E-state index contributed by atoms with van der Waals surface area (Å²) in [7, 11) is 4.11. The number of nitrogens with zero attached hydrogens (tertiary/aromatic N) is 4. The van der Waals surface area contributed by atoms with Gasteiger partial charge in [0.05, 0.1) is 0 Å². The molecule has 0 atom stereocenters. The van der Waals surface area contributed by atoms with Crippen molar-refractivity contribution in [2.24, 2.45) is 10.4 Å². The maximum absolute atomic E-state index is 4.49. The molecule has 23 heavy (non-hydrogen) atoms. The molecule has 2 rings (SSSR count). The molecular weight excluding hydrogens is 401 g/mol. The minimum atomic E-state index is 0. The molecular formula is C17H36IN5. The summed E-state index contributed by atoms with van der Waals surface area (Å²) in [5, 5.41) is 3.56. The first kappa shape index (κ1) is 21.0. The smallest absolute Gasteiger partial charge is 0.194 e. The molecule has 0 aromatic rings. The van der Waals surface area contributed by atoms with E-state index in [0.29, 0.717) is 5.41 Å². The van der Waals surface area contributed by atoms with Crippen molar-refractivity contribution in [3.63, 3.8) is 0 Å². The number of aliphatic imine (C=N–C) groups is 1. The summed E-state index contributed by atoms with van der Waals surface area (Å²) in [6.45, 7) is 17.3. The molecule has 0 amide bonds. The van der Waals surface area contributed by atoms with Crippen LogP contribution >= 0.6 is 24.0 Å². The third-order valence-corrected chi connectivity index (χ3v) is 5.88. The Balaban J connectivity index is 0.00000264. The molecule has 0 bridgehead atoms. The van der Waals surface area contributed by atoms with Crippen molar-refractivity contribution in [1.82, 2.24) is 20.0 Å². The average molecular weight is 437 g/mol. The Kier molecular flexibility index (Phi) is 7.60. The zero-order valence-electron chi connectivity index (χ0n) is 15.9. The summed E-state index contributed by atoms with van der Waals surface area (Å²) in [5.41, 5.74) is 0.514. The maximum Gasteiger partial charge on any atom is 0.194 e. The van der Waals surface area contributed by atoms with Crippen LogP contribution in [0.1, 0.15) is 34.1 Å². The lowest BCUT2D eigenvalue weighted by Gasteiger charge is -2.62. The van der Waals surface area contributed by atoms with Gasteiger partial charge in [0.2, 0.25) is 0 Å². The highest BCUT2D eigenvalue weighted by Gasteiger charge is 2.53. The van der Waals surface area contributed by atoms with Crippen LogP contribution in [-0.2, 0) is 0 Å². The first-order chi connectivity index (χ1) is 10.3. The molecule has 0 aromatic heterocycles. The molecule has 0 radical (unpaired) electrons. The van der Waals surface area contributed by atoms with E-state index in [1.807, 2.05) is 7.05 Å². The van der Waals surface area contributed by atoms with Gasteiger partial charge in [-0.2, -0.15) is 0 Å². The van der Waals surface area contributed by atoms with Gasteiger partial charge in [-0.1, -0.05) is 13.8 Å². The van der Waals surface area contributed by atoms with Gasteiger partial charge >= 0.3 is 0 Å². The van der Waals surface area contributed by atoms with Crippen molar-refractivity contribution in [2.75, 3.05) is 59.9 Å². The number of nitrogens with one attached hydrogen (secondary N) is 1. The van der Waals surface area contributed by atoms with E-state index in [2.05, 4.69) is 59.8 Å². The van der Waals surface area contributed by atoms with E-state index in [-0.39, 0.29) is 29.5 Å². The third kappa shape index (κ3) is 4.72. The molecule has 0 spiro atoms. The molecule has 2 aliphatic rings. The normalized spacial score (nSPS) is 25.3. The quantitative estimate of drug-likeness (QED) is 0.416. The number of rotatable bonds is 3. The van der Waals surface area contributed by atoms with Gasteiger partial charge in [0, 0.05) is 50.7 Å². The monoisotopic (exact) mass is 437 g/mol.